The largest absolute Gasteiger partial charge is 0.387 e. The van der Waals surface area contributed by atoms with Crippen LogP contribution >= 0.6 is 0 Å². The highest BCUT2D eigenvalue weighted by Gasteiger charge is 2.48. The smallest absolute Gasteiger partial charge is 0.112 e. The summed E-state index contributed by atoms with van der Waals surface area (Å²) in [7, 11) is 0. The van der Waals surface area contributed by atoms with Gasteiger partial charge in [-0.3, -0.25) is 9.88 Å². The van der Waals surface area contributed by atoms with E-state index >= 15 is 0 Å². The van der Waals surface area contributed by atoms with Crippen molar-refractivity contribution >= 4 is 10.9 Å². The van der Waals surface area contributed by atoms with Crippen LogP contribution in [0.15, 0.2) is 42.7 Å². The normalized spacial score (nSPS) is 23.0. The molecule has 0 radical (unpaired) electrons. The Bertz CT molecular complexity index is 1020. The lowest BCUT2D eigenvalue weighted by Crippen LogP contribution is -2.48. The van der Waals surface area contributed by atoms with Crippen LogP contribution in [0.3, 0.4) is 0 Å². The van der Waals surface area contributed by atoms with Crippen LogP contribution in [-0.4, -0.2) is 39.3 Å². The SMILES string of the molecule is Cc1ccc2c(c1)c1c(n2CC(O)c2ccncc2)CCN2CCCC12CF. The zero-order valence-corrected chi connectivity index (χ0v) is 16.2. The van der Waals surface area contributed by atoms with Gasteiger partial charge >= 0.3 is 0 Å². The second kappa shape index (κ2) is 6.68. The number of alkyl halides is 1. The van der Waals surface area contributed by atoms with E-state index in [1.165, 1.54) is 16.8 Å². The third-order valence-electron chi connectivity index (χ3n) is 6.70. The highest BCUT2D eigenvalue weighted by atomic mass is 19.1. The number of aromatic nitrogens is 2. The number of rotatable bonds is 4. The number of nitrogens with zero attached hydrogens (tertiary/aromatic N) is 3. The lowest BCUT2D eigenvalue weighted by atomic mass is 9.82. The van der Waals surface area contributed by atoms with E-state index in [2.05, 4.69) is 39.6 Å². The van der Waals surface area contributed by atoms with Crippen molar-refractivity contribution < 1.29 is 9.50 Å². The Morgan fingerprint density at radius 2 is 2.04 bits per heavy atom. The Morgan fingerprint density at radius 3 is 2.82 bits per heavy atom. The highest BCUT2D eigenvalue weighted by molar-refractivity contribution is 5.88. The molecule has 0 aliphatic carbocycles. The van der Waals surface area contributed by atoms with Gasteiger partial charge in [0.25, 0.3) is 0 Å². The molecule has 0 spiro atoms. The third-order valence-corrected chi connectivity index (χ3v) is 6.70. The van der Waals surface area contributed by atoms with E-state index in [1.54, 1.807) is 12.4 Å². The standard InChI is InChI=1S/C23H26FN3O/c1-16-3-4-19-18(13-16)22-20(7-12-26-11-2-8-23(22,26)15-24)27(19)14-21(28)17-5-9-25-10-6-17/h3-6,9-10,13,21,28H,2,7-8,11-12,14-15H2,1H3. The average molecular weight is 379 g/mol. The molecule has 1 N–H and O–H groups in total. The molecule has 5 rings (SSSR count). The molecule has 1 fully saturated rings. The molecule has 146 valence electrons. The van der Waals surface area contributed by atoms with Crippen LogP contribution in [0.5, 0.6) is 0 Å². The van der Waals surface area contributed by atoms with Gasteiger partial charge in [-0.05, 0) is 56.1 Å². The summed E-state index contributed by atoms with van der Waals surface area (Å²) in [5.74, 6) is 0. The van der Waals surface area contributed by atoms with Crippen LogP contribution in [0.25, 0.3) is 10.9 Å². The third kappa shape index (κ3) is 2.53. The molecule has 1 saturated heterocycles. The van der Waals surface area contributed by atoms with Crippen LogP contribution < -0.4 is 0 Å². The number of pyridine rings is 1. The molecule has 2 aliphatic rings. The molecule has 5 heteroatoms. The highest BCUT2D eigenvalue weighted by Crippen LogP contribution is 2.48. The van der Waals surface area contributed by atoms with Crippen LogP contribution in [0.4, 0.5) is 4.39 Å². The molecular formula is C23H26FN3O. The minimum absolute atomic E-state index is 0.347. The summed E-state index contributed by atoms with van der Waals surface area (Å²) in [6.45, 7) is 4.08. The summed E-state index contributed by atoms with van der Waals surface area (Å²) < 4.78 is 16.8. The molecule has 28 heavy (non-hydrogen) atoms. The van der Waals surface area contributed by atoms with E-state index in [4.69, 9.17) is 0 Å². The van der Waals surface area contributed by atoms with Crippen molar-refractivity contribution in [3.63, 3.8) is 0 Å². The molecule has 2 aliphatic heterocycles. The topological polar surface area (TPSA) is 41.3 Å². The zero-order valence-electron chi connectivity index (χ0n) is 16.2. The van der Waals surface area contributed by atoms with Crippen LogP contribution in [-0.2, 0) is 18.5 Å². The van der Waals surface area contributed by atoms with Gasteiger partial charge < -0.3 is 9.67 Å². The zero-order chi connectivity index (χ0) is 19.3. The summed E-state index contributed by atoms with van der Waals surface area (Å²) in [5, 5.41) is 12.0. The first-order valence-corrected chi connectivity index (χ1v) is 10.2. The van der Waals surface area contributed by atoms with Crippen LogP contribution in [0.2, 0.25) is 0 Å². The summed E-state index contributed by atoms with van der Waals surface area (Å²) in [5.41, 5.74) is 5.02. The van der Waals surface area contributed by atoms with Gasteiger partial charge in [0, 0.05) is 47.5 Å². The maximum absolute atomic E-state index is 14.6. The van der Waals surface area contributed by atoms with Crippen LogP contribution in [0.1, 0.15) is 41.3 Å². The molecule has 4 nitrogen and oxygen atoms in total. The predicted molar refractivity (Wildman–Crippen MR) is 108 cm³/mol. The molecule has 2 unspecified atom stereocenters. The number of halogens is 1. The second-order valence-electron chi connectivity index (χ2n) is 8.26. The average Bonchev–Trinajstić information content (AvgIpc) is 3.28. The van der Waals surface area contributed by atoms with Crippen molar-refractivity contribution in [2.75, 3.05) is 19.8 Å². The van der Waals surface area contributed by atoms with Gasteiger partial charge in [-0.15, -0.1) is 0 Å². The van der Waals surface area contributed by atoms with E-state index in [1.807, 2.05) is 12.1 Å². The van der Waals surface area contributed by atoms with Crippen molar-refractivity contribution in [2.45, 2.75) is 44.4 Å². The van der Waals surface area contributed by atoms with Gasteiger partial charge in [0.2, 0.25) is 0 Å². The van der Waals surface area contributed by atoms with E-state index in [0.29, 0.717) is 6.54 Å². The fourth-order valence-electron chi connectivity index (χ4n) is 5.38. The van der Waals surface area contributed by atoms with E-state index in [0.717, 1.165) is 48.8 Å². The van der Waals surface area contributed by atoms with Crippen molar-refractivity contribution in [3.8, 4) is 0 Å². The number of hydrogen-bond acceptors (Lipinski definition) is 3. The molecule has 2 aromatic heterocycles. The number of fused-ring (bicyclic) bond motifs is 5. The molecule has 1 aromatic carbocycles. The molecular weight excluding hydrogens is 353 g/mol. The van der Waals surface area contributed by atoms with Gasteiger partial charge in [-0.2, -0.15) is 0 Å². The number of aliphatic hydroxyl groups excluding tert-OH is 1. The number of hydrogen-bond donors (Lipinski definition) is 1. The lowest BCUT2D eigenvalue weighted by Gasteiger charge is -2.41. The van der Waals surface area contributed by atoms with E-state index < -0.39 is 11.6 Å². The molecule has 0 saturated carbocycles. The minimum Gasteiger partial charge on any atom is -0.387 e. The molecule has 3 aromatic rings. The summed E-state index contributed by atoms with van der Waals surface area (Å²) >= 11 is 0. The second-order valence-corrected chi connectivity index (χ2v) is 8.26. The summed E-state index contributed by atoms with van der Waals surface area (Å²) in [6.07, 6.45) is 5.61. The maximum Gasteiger partial charge on any atom is 0.112 e. The Labute approximate surface area is 164 Å². The number of aliphatic hydroxyl groups is 1. The number of aryl methyl sites for hydroxylation is 1. The van der Waals surface area contributed by atoms with Crippen molar-refractivity contribution in [1.82, 2.24) is 14.5 Å². The Hall–Kier alpha value is -2.24. The Kier molecular flexibility index (Phi) is 4.25. The predicted octanol–water partition coefficient (Wildman–Crippen LogP) is 3.90. The van der Waals surface area contributed by atoms with E-state index in [-0.39, 0.29) is 6.67 Å². The minimum atomic E-state index is -0.619. The first-order chi connectivity index (χ1) is 13.6. The van der Waals surface area contributed by atoms with E-state index in [9.17, 15) is 9.50 Å². The summed E-state index contributed by atoms with van der Waals surface area (Å²) in [6, 6.07) is 10.2. The Morgan fingerprint density at radius 1 is 1.21 bits per heavy atom. The van der Waals surface area contributed by atoms with Gasteiger partial charge in [-0.25, -0.2) is 4.39 Å². The maximum atomic E-state index is 14.6. The van der Waals surface area contributed by atoms with Gasteiger partial charge in [0.1, 0.15) is 6.67 Å². The molecule has 4 heterocycles. The quantitative estimate of drug-likeness (QED) is 0.748. The molecule has 2 atom stereocenters. The first kappa shape index (κ1) is 17.8. The van der Waals surface area contributed by atoms with Gasteiger partial charge in [-0.1, -0.05) is 11.6 Å². The van der Waals surface area contributed by atoms with Crippen molar-refractivity contribution in [2.24, 2.45) is 0 Å². The first-order valence-electron chi connectivity index (χ1n) is 10.2. The fraction of sp³-hybridized carbons (Fsp3) is 0.435. The summed E-state index contributed by atoms with van der Waals surface area (Å²) in [4.78, 5) is 6.39. The molecule has 0 amide bonds. The van der Waals surface area contributed by atoms with Gasteiger partial charge in [0.05, 0.1) is 18.2 Å². The number of benzene rings is 1. The van der Waals surface area contributed by atoms with Gasteiger partial charge in [0.15, 0.2) is 0 Å². The monoisotopic (exact) mass is 379 g/mol. The lowest BCUT2D eigenvalue weighted by molar-refractivity contribution is 0.0902. The fourth-order valence-corrected chi connectivity index (χ4v) is 5.38. The van der Waals surface area contributed by atoms with Crippen molar-refractivity contribution in [3.05, 3.63) is 65.1 Å². The molecule has 0 bridgehead atoms. The Balaban J connectivity index is 1.69. The van der Waals surface area contributed by atoms with Crippen molar-refractivity contribution in [1.29, 1.82) is 0 Å². The van der Waals surface area contributed by atoms with Crippen LogP contribution in [0, 0.1) is 6.92 Å².